The summed E-state index contributed by atoms with van der Waals surface area (Å²) in [5.74, 6) is 1.95. The molecular formula is C16H22N2O2. The molecule has 0 heterocycles. The monoisotopic (exact) mass is 274 g/mol. The Morgan fingerprint density at radius 1 is 1.50 bits per heavy atom. The van der Waals surface area contributed by atoms with Crippen molar-refractivity contribution in [3.05, 3.63) is 35.4 Å². The van der Waals surface area contributed by atoms with E-state index in [-0.39, 0.29) is 18.7 Å². The standard InChI is InChI=1S/C16H22N2O2/c1-10(9-19)18(2)16(20)17-8-14-13-7-11-5-3-4-6-12(11)15(13)14/h3-6,10,13-15,19H,7-9H2,1-2H3,(H,17,20). The third kappa shape index (κ3) is 2.18. The molecule has 2 aliphatic rings. The quantitative estimate of drug-likeness (QED) is 0.876. The zero-order valence-corrected chi connectivity index (χ0v) is 12.0. The minimum Gasteiger partial charge on any atom is -0.394 e. The van der Waals surface area contributed by atoms with Crippen LogP contribution in [0.25, 0.3) is 0 Å². The van der Waals surface area contributed by atoms with E-state index in [1.54, 1.807) is 11.9 Å². The van der Waals surface area contributed by atoms with Crippen LogP contribution in [0.5, 0.6) is 0 Å². The van der Waals surface area contributed by atoms with Gasteiger partial charge in [0, 0.05) is 13.6 Å². The largest absolute Gasteiger partial charge is 0.394 e. The van der Waals surface area contributed by atoms with Gasteiger partial charge in [0.05, 0.1) is 12.6 Å². The van der Waals surface area contributed by atoms with Crippen LogP contribution in [0.15, 0.2) is 24.3 Å². The molecule has 0 radical (unpaired) electrons. The molecule has 4 heteroatoms. The summed E-state index contributed by atoms with van der Waals surface area (Å²) in [6.07, 6.45) is 1.16. The molecule has 4 unspecified atom stereocenters. The van der Waals surface area contributed by atoms with Gasteiger partial charge in [0.1, 0.15) is 0 Å². The molecule has 1 fully saturated rings. The van der Waals surface area contributed by atoms with Crippen LogP contribution in [0.3, 0.4) is 0 Å². The van der Waals surface area contributed by atoms with E-state index < -0.39 is 0 Å². The number of hydrogen-bond acceptors (Lipinski definition) is 2. The average Bonchev–Trinajstić information content (AvgIpc) is 3.01. The van der Waals surface area contributed by atoms with Crippen molar-refractivity contribution < 1.29 is 9.90 Å². The zero-order valence-electron chi connectivity index (χ0n) is 12.0. The number of nitrogens with zero attached hydrogens (tertiary/aromatic N) is 1. The summed E-state index contributed by atoms with van der Waals surface area (Å²) in [6.45, 7) is 2.57. The molecule has 2 aliphatic carbocycles. The van der Waals surface area contributed by atoms with E-state index in [1.807, 2.05) is 6.92 Å². The van der Waals surface area contributed by atoms with Crippen molar-refractivity contribution in [1.29, 1.82) is 0 Å². The molecular weight excluding hydrogens is 252 g/mol. The summed E-state index contributed by atoms with van der Waals surface area (Å²) in [6, 6.07) is 8.41. The highest BCUT2D eigenvalue weighted by atomic mass is 16.3. The summed E-state index contributed by atoms with van der Waals surface area (Å²) in [5, 5.41) is 12.1. The number of aliphatic hydroxyl groups is 1. The minimum atomic E-state index is -0.144. The number of benzene rings is 1. The number of carbonyl (C=O) groups excluding carboxylic acids is 1. The first-order chi connectivity index (χ1) is 9.63. The van der Waals surface area contributed by atoms with Gasteiger partial charge >= 0.3 is 6.03 Å². The first-order valence-electron chi connectivity index (χ1n) is 7.32. The van der Waals surface area contributed by atoms with Crippen molar-refractivity contribution in [3.8, 4) is 0 Å². The third-order valence-corrected chi connectivity index (χ3v) is 4.94. The lowest BCUT2D eigenvalue weighted by atomic mass is 10.0. The van der Waals surface area contributed by atoms with Crippen LogP contribution < -0.4 is 5.32 Å². The van der Waals surface area contributed by atoms with E-state index in [1.165, 1.54) is 11.1 Å². The van der Waals surface area contributed by atoms with Gasteiger partial charge in [-0.3, -0.25) is 0 Å². The lowest BCUT2D eigenvalue weighted by molar-refractivity contribution is 0.157. The number of carbonyl (C=O) groups is 1. The van der Waals surface area contributed by atoms with Gasteiger partial charge in [0.2, 0.25) is 0 Å². The second-order valence-corrected chi connectivity index (χ2v) is 6.08. The fraction of sp³-hybridized carbons (Fsp3) is 0.562. The second-order valence-electron chi connectivity index (χ2n) is 6.08. The molecule has 4 nitrogen and oxygen atoms in total. The average molecular weight is 274 g/mol. The maximum Gasteiger partial charge on any atom is 0.317 e. The van der Waals surface area contributed by atoms with Crippen LogP contribution >= 0.6 is 0 Å². The van der Waals surface area contributed by atoms with Crippen molar-refractivity contribution in [1.82, 2.24) is 10.2 Å². The molecule has 1 aromatic rings. The maximum atomic E-state index is 11.9. The summed E-state index contributed by atoms with van der Waals surface area (Å²) in [7, 11) is 1.72. The van der Waals surface area contributed by atoms with Gasteiger partial charge in [-0.1, -0.05) is 24.3 Å². The maximum absolute atomic E-state index is 11.9. The van der Waals surface area contributed by atoms with Crippen LogP contribution in [0, 0.1) is 11.8 Å². The van der Waals surface area contributed by atoms with E-state index >= 15 is 0 Å². The van der Waals surface area contributed by atoms with Gasteiger partial charge in [-0.05, 0) is 42.2 Å². The van der Waals surface area contributed by atoms with E-state index in [4.69, 9.17) is 5.11 Å². The van der Waals surface area contributed by atoms with Crippen LogP contribution in [0.1, 0.15) is 24.0 Å². The molecule has 108 valence electrons. The van der Waals surface area contributed by atoms with Crippen molar-refractivity contribution in [2.24, 2.45) is 11.8 Å². The number of amides is 2. The molecule has 2 amide bonds. The molecule has 20 heavy (non-hydrogen) atoms. The van der Waals surface area contributed by atoms with Crippen molar-refractivity contribution in [3.63, 3.8) is 0 Å². The first-order valence-corrected chi connectivity index (χ1v) is 7.32. The molecule has 3 rings (SSSR count). The van der Waals surface area contributed by atoms with Crippen LogP contribution in [0.2, 0.25) is 0 Å². The fourth-order valence-corrected chi connectivity index (χ4v) is 3.41. The van der Waals surface area contributed by atoms with Crippen molar-refractivity contribution in [2.75, 3.05) is 20.2 Å². The molecule has 1 saturated carbocycles. The SMILES string of the molecule is CC(CO)N(C)C(=O)NCC1C2Cc3ccccc3C12. The Morgan fingerprint density at radius 3 is 3.00 bits per heavy atom. The predicted octanol–water partition coefficient (Wildman–Crippen LogP) is 1.59. The molecule has 0 aliphatic heterocycles. The highest BCUT2D eigenvalue weighted by molar-refractivity contribution is 5.74. The summed E-state index contributed by atoms with van der Waals surface area (Å²) in [4.78, 5) is 13.5. The van der Waals surface area contributed by atoms with Crippen LogP contribution in [-0.2, 0) is 6.42 Å². The Morgan fingerprint density at radius 2 is 2.25 bits per heavy atom. The Bertz CT molecular complexity index is 517. The number of likely N-dealkylation sites (N-methyl/N-ethyl adjacent to an activating group) is 1. The molecule has 0 spiro atoms. The normalized spacial score (nSPS) is 27.4. The predicted molar refractivity (Wildman–Crippen MR) is 77.6 cm³/mol. The number of hydrogen-bond donors (Lipinski definition) is 2. The summed E-state index contributed by atoms with van der Waals surface area (Å²) < 4.78 is 0. The van der Waals surface area contributed by atoms with Gasteiger partial charge in [-0.25, -0.2) is 4.79 Å². The fourth-order valence-electron chi connectivity index (χ4n) is 3.41. The molecule has 0 aromatic heterocycles. The van der Waals surface area contributed by atoms with E-state index in [0.29, 0.717) is 17.8 Å². The second kappa shape index (κ2) is 5.09. The Labute approximate surface area is 119 Å². The van der Waals surface area contributed by atoms with E-state index in [9.17, 15) is 4.79 Å². The smallest absolute Gasteiger partial charge is 0.317 e. The van der Waals surface area contributed by atoms with Crippen LogP contribution in [-0.4, -0.2) is 42.3 Å². The molecule has 4 atom stereocenters. The minimum absolute atomic E-state index is 0.00796. The number of rotatable bonds is 4. The summed E-state index contributed by atoms with van der Waals surface area (Å²) >= 11 is 0. The zero-order chi connectivity index (χ0) is 14.3. The van der Waals surface area contributed by atoms with Crippen molar-refractivity contribution in [2.45, 2.75) is 25.3 Å². The molecule has 1 aromatic carbocycles. The van der Waals surface area contributed by atoms with Gasteiger partial charge < -0.3 is 15.3 Å². The Hall–Kier alpha value is -1.55. The molecule has 2 N–H and O–H groups in total. The molecule has 0 saturated heterocycles. The lowest BCUT2D eigenvalue weighted by Gasteiger charge is -2.23. The van der Waals surface area contributed by atoms with E-state index in [0.717, 1.165) is 13.0 Å². The number of nitrogens with one attached hydrogen (secondary N) is 1. The Kier molecular flexibility index (Phi) is 3.42. The topological polar surface area (TPSA) is 52.6 Å². The van der Waals surface area contributed by atoms with Gasteiger partial charge in [0.15, 0.2) is 0 Å². The van der Waals surface area contributed by atoms with Crippen LogP contribution in [0.4, 0.5) is 4.79 Å². The highest BCUT2D eigenvalue weighted by Gasteiger charge is 2.55. The highest BCUT2D eigenvalue weighted by Crippen LogP contribution is 2.60. The Balaban J connectivity index is 1.52. The lowest BCUT2D eigenvalue weighted by Crippen LogP contribution is -2.44. The number of fused-ring (bicyclic) bond motifs is 3. The van der Waals surface area contributed by atoms with Gasteiger partial charge in [-0.2, -0.15) is 0 Å². The summed E-state index contributed by atoms with van der Waals surface area (Å²) in [5.41, 5.74) is 2.96. The first kappa shape index (κ1) is 13.4. The van der Waals surface area contributed by atoms with Gasteiger partial charge in [-0.15, -0.1) is 0 Å². The number of aliphatic hydroxyl groups excluding tert-OH is 1. The van der Waals surface area contributed by atoms with Gasteiger partial charge in [0.25, 0.3) is 0 Å². The third-order valence-electron chi connectivity index (χ3n) is 4.94. The van der Waals surface area contributed by atoms with Crippen molar-refractivity contribution >= 4 is 6.03 Å². The molecule has 0 bridgehead atoms. The number of urea groups is 1. The van der Waals surface area contributed by atoms with E-state index in [2.05, 4.69) is 29.6 Å².